The first-order valence-corrected chi connectivity index (χ1v) is 10.9. The highest BCUT2D eigenvalue weighted by molar-refractivity contribution is 7.99. The predicted octanol–water partition coefficient (Wildman–Crippen LogP) is 3.83. The molecule has 0 unspecified atom stereocenters. The van der Waals surface area contributed by atoms with E-state index in [4.69, 9.17) is 38.7 Å². The third kappa shape index (κ3) is 8.47. The molecule has 0 aliphatic rings. The summed E-state index contributed by atoms with van der Waals surface area (Å²) >= 11 is 7.41. The summed E-state index contributed by atoms with van der Waals surface area (Å²) in [6.07, 6.45) is 10.5. The van der Waals surface area contributed by atoms with Crippen LogP contribution in [0.15, 0.2) is 47.4 Å². The number of hydrogen-bond acceptors (Lipinski definition) is 5. The van der Waals surface area contributed by atoms with Gasteiger partial charge < -0.3 is 19.5 Å². The lowest BCUT2D eigenvalue weighted by atomic mass is 10.1. The Morgan fingerprint density at radius 3 is 2.55 bits per heavy atom. The lowest BCUT2D eigenvalue weighted by Gasteiger charge is -2.16. The van der Waals surface area contributed by atoms with Crippen LogP contribution in [0.3, 0.4) is 0 Å². The number of halogens is 1. The van der Waals surface area contributed by atoms with E-state index >= 15 is 0 Å². The average molecular weight is 458 g/mol. The summed E-state index contributed by atoms with van der Waals surface area (Å²) < 4.78 is 16.3. The van der Waals surface area contributed by atoms with Gasteiger partial charge in [0.15, 0.2) is 11.5 Å². The van der Waals surface area contributed by atoms with E-state index in [0.717, 1.165) is 10.5 Å². The van der Waals surface area contributed by atoms with Crippen LogP contribution in [0.1, 0.15) is 5.56 Å². The number of ether oxygens (including phenoxy) is 3. The minimum atomic E-state index is -0.661. The summed E-state index contributed by atoms with van der Waals surface area (Å²) in [6.45, 7) is 0.669. The van der Waals surface area contributed by atoms with Gasteiger partial charge in [-0.15, -0.1) is 24.6 Å². The van der Waals surface area contributed by atoms with Gasteiger partial charge in [-0.1, -0.05) is 29.5 Å². The molecule has 31 heavy (non-hydrogen) atoms. The summed E-state index contributed by atoms with van der Waals surface area (Å²) in [5.41, 5.74) is 0.988. The maximum Gasteiger partial charge on any atom is 0.250 e. The van der Waals surface area contributed by atoms with E-state index in [0.29, 0.717) is 35.2 Å². The third-order valence-corrected chi connectivity index (χ3v) is 5.45. The zero-order valence-electron chi connectivity index (χ0n) is 17.2. The van der Waals surface area contributed by atoms with E-state index < -0.39 is 6.10 Å². The summed E-state index contributed by atoms with van der Waals surface area (Å²) in [6, 6.07) is 13.0. The molecule has 0 aliphatic carbocycles. The minimum absolute atomic E-state index is 0.0651. The molecule has 1 atom stereocenters. The van der Waals surface area contributed by atoms with Crippen LogP contribution in [-0.2, 0) is 16.0 Å². The molecule has 0 saturated carbocycles. The van der Waals surface area contributed by atoms with Crippen LogP contribution >= 0.6 is 23.4 Å². The molecular weight excluding hydrogens is 434 g/mol. The molecule has 0 radical (unpaired) electrons. The number of benzene rings is 2. The molecule has 2 rings (SSSR count). The first-order valence-electron chi connectivity index (χ1n) is 9.51. The fraction of sp³-hybridized carbons (Fsp3) is 0.292. The standard InChI is InChI=1S/C24H24ClNO4S/c1-4-14-29-21-11-6-18(16-22(21)28-3)12-13-26-24(27)23(30-15-5-2)17-31-20-9-7-19(25)8-10-20/h1-2,6-11,16,23H,12-15,17H2,3H3,(H,26,27)/t23-/m1/s1. The van der Waals surface area contributed by atoms with Crippen LogP contribution in [-0.4, -0.2) is 44.6 Å². The number of carbonyl (C=O) groups is 1. The van der Waals surface area contributed by atoms with Crippen molar-refractivity contribution in [3.63, 3.8) is 0 Å². The Morgan fingerprint density at radius 1 is 1.13 bits per heavy atom. The number of hydrogen-bond donors (Lipinski definition) is 1. The zero-order chi connectivity index (χ0) is 22.5. The van der Waals surface area contributed by atoms with E-state index in [1.54, 1.807) is 25.3 Å². The van der Waals surface area contributed by atoms with Gasteiger partial charge in [-0.3, -0.25) is 4.79 Å². The van der Waals surface area contributed by atoms with E-state index in [-0.39, 0.29) is 19.1 Å². The van der Waals surface area contributed by atoms with Gasteiger partial charge >= 0.3 is 0 Å². The van der Waals surface area contributed by atoms with Crippen molar-refractivity contribution in [2.24, 2.45) is 0 Å². The molecule has 5 nitrogen and oxygen atoms in total. The van der Waals surface area contributed by atoms with Crippen molar-refractivity contribution in [1.82, 2.24) is 5.32 Å². The summed E-state index contributed by atoms with van der Waals surface area (Å²) in [7, 11) is 1.56. The van der Waals surface area contributed by atoms with Crippen molar-refractivity contribution in [1.29, 1.82) is 0 Å². The highest BCUT2D eigenvalue weighted by atomic mass is 35.5. The molecule has 0 aromatic heterocycles. The van der Waals surface area contributed by atoms with E-state index in [2.05, 4.69) is 17.2 Å². The maximum atomic E-state index is 12.6. The summed E-state index contributed by atoms with van der Waals surface area (Å²) in [5.74, 6) is 6.22. The highest BCUT2D eigenvalue weighted by Gasteiger charge is 2.19. The van der Waals surface area contributed by atoms with Crippen molar-refractivity contribution < 1.29 is 19.0 Å². The SMILES string of the molecule is C#CCOc1ccc(CCNC(=O)[C@@H](CSc2ccc(Cl)cc2)OCC#C)cc1OC. The van der Waals surface area contributed by atoms with E-state index in [1.807, 2.05) is 24.3 Å². The zero-order valence-corrected chi connectivity index (χ0v) is 18.8. The molecule has 1 N–H and O–H groups in total. The molecule has 0 fully saturated rings. The van der Waals surface area contributed by atoms with Crippen LogP contribution in [0.2, 0.25) is 5.02 Å². The van der Waals surface area contributed by atoms with Crippen molar-refractivity contribution in [3.05, 3.63) is 53.1 Å². The largest absolute Gasteiger partial charge is 0.493 e. The number of terminal acetylenes is 2. The molecule has 162 valence electrons. The Hall–Kier alpha value is -2.77. The topological polar surface area (TPSA) is 56.8 Å². The Morgan fingerprint density at radius 2 is 1.87 bits per heavy atom. The molecule has 0 aliphatic heterocycles. The van der Waals surface area contributed by atoms with Crippen LogP contribution in [0.4, 0.5) is 0 Å². The second-order valence-electron chi connectivity index (χ2n) is 6.29. The molecule has 0 saturated heterocycles. The molecule has 1 amide bonds. The number of amides is 1. The van der Waals surface area contributed by atoms with Crippen molar-refractivity contribution >= 4 is 29.3 Å². The number of nitrogens with one attached hydrogen (secondary N) is 1. The molecule has 0 bridgehead atoms. The van der Waals surface area contributed by atoms with Crippen LogP contribution in [0.25, 0.3) is 0 Å². The quantitative estimate of drug-likeness (QED) is 0.388. The van der Waals surface area contributed by atoms with Crippen LogP contribution in [0, 0.1) is 24.7 Å². The van der Waals surface area contributed by atoms with Gasteiger partial charge in [0.1, 0.15) is 19.3 Å². The minimum Gasteiger partial charge on any atom is -0.493 e. The normalized spacial score (nSPS) is 11.1. The lowest BCUT2D eigenvalue weighted by molar-refractivity contribution is -0.130. The Bertz CT molecular complexity index is 934. The van der Waals surface area contributed by atoms with Gasteiger partial charge in [0.2, 0.25) is 5.91 Å². The smallest absolute Gasteiger partial charge is 0.250 e. The fourth-order valence-corrected chi connectivity index (χ4v) is 3.65. The number of methoxy groups -OCH3 is 1. The van der Waals surface area contributed by atoms with Gasteiger partial charge in [-0.25, -0.2) is 0 Å². The van der Waals surface area contributed by atoms with Crippen LogP contribution in [0.5, 0.6) is 11.5 Å². The van der Waals surface area contributed by atoms with Gasteiger partial charge in [-0.2, -0.15) is 0 Å². The van der Waals surface area contributed by atoms with Gasteiger partial charge in [0, 0.05) is 22.2 Å². The molecule has 0 spiro atoms. The first-order chi connectivity index (χ1) is 15.1. The average Bonchev–Trinajstić information content (AvgIpc) is 2.79. The van der Waals surface area contributed by atoms with E-state index in [1.165, 1.54) is 11.8 Å². The Balaban J connectivity index is 1.89. The third-order valence-electron chi connectivity index (χ3n) is 4.13. The molecule has 2 aromatic carbocycles. The molecular formula is C24H24ClNO4S. The Kier molecular flexibility index (Phi) is 10.7. The van der Waals surface area contributed by atoms with Crippen molar-refractivity contribution in [3.8, 4) is 36.2 Å². The summed E-state index contributed by atoms with van der Waals surface area (Å²) in [4.78, 5) is 13.6. The molecule has 7 heteroatoms. The number of carbonyl (C=O) groups excluding carboxylic acids is 1. The fourth-order valence-electron chi connectivity index (χ4n) is 2.60. The van der Waals surface area contributed by atoms with Crippen molar-refractivity contribution in [2.75, 3.05) is 32.6 Å². The monoisotopic (exact) mass is 457 g/mol. The Labute approximate surface area is 192 Å². The second-order valence-corrected chi connectivity index (χ2v) is 7.82. The highest BCUT2D eigenvalue weighted by Crippen LogP contribution is 2.28. The molecule has 2 aromatic rings. The second kappa shape index (κ2) is 13.5. The van der Waals surface area contributed by atoms with Gasteiger partial charge in [-0.05, 0) is 48.4 Å². The lowest BCUT2D eigenvalue weighted by Crippen LogP contribution is -2.39. The summed E-state index contributed by atoms with van der Waals surface area (Å²) in [5, 5.41) is 3.57. The number of rotatable bonds is 12. The van der Waals surface area contributed by atoms with E-state index in [9.17, 15) is 4.79 Å². The first kappa shape index (κ1) is 24.5. The molecule has 0 heterocycles. The van der Waals surface area contributed by atoms with Crippen molar-refractivity contribution in [2.45, 2.75) is 17.4 Å². The van der Waals surface area contributed by atoms with Gasteiger partial charge in [0.05, 0.1) is 7.11 Å². The number of thioether (sulfide) groups is 1. The van der Waals surface area contributed by atoms with Crippen LogP contribution < -0.4 is 14.8 Å². The predicted molar refractivity (Wildman–Crippen MR) is 125 cm³/mol. The maximum absolute atomic E-state index is 12.6. The van der Waals surface area contributed by atoms with Gasteiger partial charge in [0.25, 0.3) is 0 Å².